The highest BCUT2D eigenvalue weighted by Crippen LogP contribution is 2.38. The van der Waals surface area contributed by atoms with E-state index in [0.717, 1.165) is 6.42 Å². The average molecular weight is 283 g/mol. The van der Waals surface area contributed by atoms with E-state index in [2.05, 4.69) is 26.1 Å². The van der Waals surface area contributed by atoms with E-state index in [9.17, 15) is 13.2 Å². The first kappa shape index (κ1) is 16.2. The molecule has 1 fully saturated rings. The smallest absolute Gasteiger partial charge is 0.313 e. The van der Waals surface area contributed by atoms with Gasteiger partial charge in [-0.1, -0.05) is 33.6 Å². The van der Waals surface area contributed by atoms with Gasteiger partial charge in [-0.25, -0.2) is 0 Å². The summed E-state index contributed by atoms with van der Waals surface area (Å²) in [5.74, 6) is 0.679. The van der Waals surface area contributed by atoms with Gasteiger partial charge >= 0.3 is 5.51 Å². The van der Waals surface area contributed by atoms with Crippen LogP contribution < -0.4 is 5.32 Å². The summed E-state index contributed by atoms with van der Waals surface area (Å²) in [6, 6.07) is 0.382. The van der Waals surface area contributed by atoms with E-state index >= 15 is 0 Å². The van der Waals surface area contributed by atoms with Crippen LogP contribution in [0.4, 0.5) is 13.2 Å². The van der Waals surface area contributed by atoms with Gasteiger partial charge in [0, 0.05) is 18.3 Å². The van der Waals surface area contributed by atoms with Gasteiger partial charge in [0.15, 0.2) is 0 Å². The molecule has 5 heteroatoms. The average Bonchev–Trinajstić information content (AvgIpc) is 2.22. The van der Waals surface area contributed by atoms with Crippen molar-refractivity contribution in [2.45, 2.75) is 58.0 Å². The van der Waals surface area contributed by atoms with Crippen molar-refractivity contribution in [3.8, 4) is 0 Å². The van der Waals surface area contributed by atoms with E-state index in [0.29, 0.717) is 18.5 Å². The second kappa shape index (κ2) is 6.51. The molecule has 108 valence electrons. The maximum Gasteiger partial charge on any atom is 0.441 e. The molecule has 0 aliphatic heterocycles. The topological polar surface area (TPSA) is 12.0 Å². The van der Waals surface area contributed by atoms with Gasteiger partial charge in [-0.15, -0.1) is 0 Å². The van der Waals surface area contributed by atoms with Crippen LogP contribution in [0.15, 0.2) is 0 Å². The van der Waals surface area contributed by atoms with Crippen LogP contribution in [0.3, 0.4) is 0 Å². The van der Waals surface area contributed by atoms with Crippen LogP contribution in [0.2, 0.25) is 0 Å². The number of nitrogens with one attached hydrogen (secondary N) is 1. The minimum atomic E-state index is -4.10. The van der Waals surface area contributed by atoms with Gasteiger partial charge in [-0.3, -0.25) is 0 Å². The molecule has 0 aromatic heterocycles. The Kier molecular flexibility index (Phi) is 5.84. The van der Waals surface area contributed by atoms with Crippen molar-refractivity contribution in [2.24, 2.45) is 11.3 Å². The third-order valence-electron chi connectivity index (χ3n) is 3.65. The summed E-state index contributed by atoms with van der Waals surface area (Å²) in [5.41, 5.74) is -3.87. The Labute approximate surface area is 112 Å². The zero-order valence-electron chi connectivity index (χ0n) is 11.4. The Balaban J connectivity index is 2.34. The van der Waals surface area contributed by atoms with E-state index < -0.39 is 5.51 Å². The maximum absolute atomic E-state index is 12.0. The highest BCUT2D eigenvalue weighted by atomic mass is 32.2. The minimum absolute atomic E-state index is 0.0684. The van der Waals surface area contributed by atoms with E-state index in [4.69, 9.17) is 0 Å². The zero-order chi connectivity index (χ0) is 13.8. The van der Waals surface area contributed by atoms with Gasteiger partial charge in [0.25, 0.3) is 0 Å². The predicted octanol–water partition coefficient (Wildman–Crippen LogP) is 4.43. The number of rotatable bonds is 4. The van der Waals surface area contributed by atoms with Crippen LogP contribution in [0.5, 0.6) is 0 Å². The molecule has 18 heavy (non-hydrogen) atoms. The molecule has 0 radical (unpaired) electrons. The molecule has 1 N–H and O–H groups in total. The van der Waals surface area contributed by atoms with E-state index in [-0.39, 0.29) is 22.9 Å². The van der Waals surface area contributed by atoms with Gasteiger partial charge in [-0.05, 0) is 35.9 Å². The van der Waals surface area contributed by atoms with Crippen molar-refractivity contribution in [1.29, 1.82) is 0 Å². The molecule has 2 atom stereocenters. The number of thioether (sulfide) groups is 1. The summed E-state index contributed by atoms with van der Waals surface area (Å²) in [4.78, 5) is 0. The Morgan fingerprint density at radius 2 is 1.72 bits per heavy atom. The molecule has 2 unspecified atom stereocenters. The third-order valence-corrected chi connectivity index (χ3v) is 4.39. The molecule has 1 saturated carbocycles. The summed E-state index contributed by atoms with van der Waals surface area (Å²) in [6.45, 7) is 7.12. The van der Waals surface area contributed by atoms with Crippen molar-refractivity contribution in [2.75, 3.05) is 12.3 Å². The molecule has 1 rings (SSSR count). The number of hydrogen-bond acceptors (Lipinski definition) is 2. The molecule has 0 aromatic rings. The van der Waals surface area contributed by atoms with E-state index in [1.54, 1.807) is 0 Å². The molecular weight excluding hydrogens is 259 g/mol. The zero-order valence-corrected chi connectivity index (χ0v) is 12.3. The van der Waals surface area contributed by atoms with Crippen LogP contribution >= 0.6 is 11.8 Å². The number of alkyl halides is 3. The minimum Gasteiger partial charge on any atom is -0.313 e. The Morgan fingerprint density at radius 3 is 2.28 bits per heavy atom. The summed E-state index contributed by atoms with van der Waals surface area (Å²) in [7, 11) is 0. The molecule has 0 aromatic carbocycles. The van der Waals surface area contributed by atoms with Crippen LogP contribution in [0.25, 0.3) is 0 Å². The lowest BCUT2D eigenvalue weighted by atomic mass is 9.69. The van der Waals surface area contributed by atoms with Crippen LogP contribution in [-0.2, 0) is 0 Å². The third kappa shape index (κ3) is 5.83. The first-order valence-electron chi connectivity index (χ1n) is 6.64. The first-order chi connectivity index (χ1) is 8.20. The summed E-state index contributed by atoms with van der Waals surface area (Å²) in [5, 5.41) is 3.33. The molecule has 1 aliphatic rings. The monoisotopic (exact) mass is 283 g/mol. The van der Waals surface area contributed by atoms with E-state index in [1.807, 2.05) is 0 Å². The second-order valence-electron chi connectivity index (χ2n) is 6.11. The summed E-state index contributed by atoms with van der Waals surface area (Å²) >= 11 is 0.0684. The highest BCUT2D eigenvalue weighted by Gasteiger charge is 2.34. The molecule has 1 nitrogen and oxygen atoms in total. The highest BCUT2D eigenvalue weighted by molar-refractivity contribution is 8.00. The lowest BCUT2D eigenvalue weighted by Gasteiger charge is -2.41. The van der Waals surface area contributed by atoms with Gasteiger partial charge < -0.3 is 5.32 Å². The van der Waals surface area contributed by atoms with Crippen LogP contribution in [0.1, 0.15) is 46.5 Å². The Morgan fingerprint density at radius 1 is 1.11 bits per heavy atom. The van der Waals surface area contributed by atoms with Gasteiger partial charge in [0.05, 0.1) is 0 Å². The van der Waals surface area contributed by atoms with Crippen molar-refractivity contribution in [3.63, 3.8) is 0 Å². The molecule has 0 spiro atoms. The maximum atomic E-state index is 12.0. The molecular formula is C13H24F3NS. The van der Waals surface area contributed by atoms with E-state index in [1.165, 1.54) is 19.3 Å². The van der Waals surface area contributed by atoms with Gasteiger partial charge in [0.2, 0.25) is 0 Å². The van der Waals surface area contributed by atoms with Gasteiger partial charge in [0.1, 0.15) is 0 Å². The first-order valence-corrected chi connectivity index (χ1v) is 7.63. The molecule has 1 aliphatic carbocycles. The van der Waals surface area contributed by atoms with Crippen molar-refractivity contribution in [3.05, 3.63) is 0 Å². The fraction of sp³-hybridized carbons (Fsp3) is 1.00. The molecule has 0 amide bonds. The fourth-order valence-corrected chi connectivity index (χ4v) is 3.27. The lowest BCUT2D eigenvalue weighted by Crippen LogP contribution is -2.45. The van der Waals surface area contributed by atoms with Gasteiger partial charge in [-0.2, -0.15) is 13.2 Å². The standard InChI is InChI=1S/C13H24F3NS/c1-12(2,3)10-6-4-5-7-11(10)17-8-9-18-13(14,15)16/h10-11,17H,4-9H2,1-3H3. The number of halogens is 3. The predicted molar refractivity (Wildman–Crippen MR) is 71.7 cm³/mol. The molecule has 0 saturated heterocycles. The largest absolute Gasteiger partial charge is 0.441 e. The van der Waals surface area contributed by atoms with Crippen LogP contribution in [0, 0.1) is 11.3 Å². The molecule has 0 heterocycles. The Hall–Kier alpha value is 0.100. The Bertz CT molecular complexity index is 248. The summed E-state index contributed by atoms with van der Waals surface area (Å²) < 4.78 is 36.1. The van der Waals surface area contributed by atoms with Crippen molar-refractivity contribution in [1.82, 2.24) is 5.32 Å². The molecule has 0 bridgehead atoms. The quantitative estimate of drug-likeness (QED) is 0.766. The summed E-state index contributed by atoms with van der Waals surface area (Å²) in [6.07, 6.45) is 4.72. The number of hydrogen-bond donors (Lipinski definition) is 1. The lowest BCUT2D eigenvalue weighted by molar-refractivity contribution is -0.0327. The fourth-order valence-electron chi connectivity index (χ4n) is 2.82. The second-order valence-corrected chi connectivity index (χ2v) is 7.27. The SMILES string of the molecule is CC(C)(C)C1CCCCC1NCCSC(F)(F)F. The van der Waals surface area contributed by atoms with Crippen molar-refractivity contribution < 1.29 is 13.2 Å². The normalized spacial score (nSPS) is 26.3. The van der Waals surface area contributed by atoms with Crippen molar-refractivity contribution >= 4 is 11.8 Å². The van der Waals surface area contributed by atoms with Crippen LogP contribution in [-0.4, -0.2) is 23.8 Å².